The molecule has 0 aliphatic carbocycles. The number of benzene rings is 1. The third-order valence-corrected chi connectivity index (χ3v) is 5.57. The molecule has 180 valence electrons. The van der Waals surface area contributed by atoms with E-state index in [0.717, 1.165) is 5.56 Å². The summed E-state index contributed by atoms with van der Waals surface area (Å²) in [4.78, 5) is 26.3. The van der Waals surface area contributed by atoms with Gasteiger partial charge in [-0.2, -0.15) is 13.2 Å². The number of nitrogens with zero attached hydrogens (tertiary/aromatic N) is 2. The lowest BCUT2D eigenvalue weighted by Crippen LogP contribution is -2.37. The van der Waals surface area contributed by atoms with Crippen LogP contribution in [0.2, 0.25) is 0 Å². The first kappa shape index (κ1) is 25.9. The highest BCUT2D eigenvalue weighted by atomic mass is 32.2. The van der Waals surface area contributed by atoms with Crippen molar-refractivity contribution in [1.82, 2.24) is 4.98 Å². The van der Waals surface area contributed by atoms with Gasteiger partial charge in [0.2, 0.25) is 0 Å². The number of aryl methyl sites for hydroxylation is 1. The van der Waals surface area contributed by atoms with E-state index in [1.54, 1.807) is 25.1 Å². The van der Waals surface area contributed by atoms with Crippen molar-refractivity contribution < 1.29 is 46.1 Å². The number of aromatic nitrogens is 1. The molecule has 1 saturated heterocycles. The van der Waals surface area contributed by atoms with Gasteiger partial charge in [-0.05, 0) is 30.7 Å². The van der Waals surface area contributed by atoms with Gasteiger partial charge in [0, 0.05) is 19.3 Å². The Balaban J connectivity index is 0.000000479. The monoisotopic (exact) mass is 491 g/mol. The number of sulfonamides is 1. The average molecular weight is 491 g/mol. The minimum absolute atomic E-state index is 0.0936. The zero-order valence-electron chi connectivity index (χ0n) is 17.2. The molecular formula is C19H20F3N3O7S. The summed E-state index contributed by atoms with van der Waals surface area (Å²) < 4.78 is 65.0. The molecular weight excluding hydrogens is 471 g/mol. The van der Waals surface area contributed by atoms with Gasteiger partial charge in [-0.25, -0.2) is 23.0 Å². The molecule has 0 spiro atoms. The molecule has 0 unspecified atom stereocenters. The molecule has 1 fully saturated rings. The number of alkyl halides is 3. The highest BCUT2D eigenvalue weighted by Crippen LogP contribution is 2.28. The van der Waals surface area contributed by atoms with Crippen LogP contribution in [0.5, 0.6) is 0 Å². The molecule has 2 heterocycles. The number of aliphatic carboxylic acids is 1. The van der Waals surface area contributed by atoms with Crippen molar-refractivity contribution in [2.75, 3.05) is 35.9 Å². The summed E-state index contributed by atoms with van der Waals surface area (Å²) in [6, 6.07) is 7.76. The highest BCUT2D eigenvalue weighted by molar-refractivity contribution is 7.92. The Morgan fingerprint density at radius 1 is 1.15 bits per heavy atom. The van der Waals surface area contributed by atoms with Crippen LogP contribution in [0, 0.1) is 6.92 Å². The van der Waals surface area contributed by atoms with Gasteiger partial charge in [-0.15, -0.1) is 0 Å². The molecule has 3 N–H and O–H groups in total. The predicted molar refractivity (Wildman–Crippen MR) is 110 cm³/mol. The Labute approximate surface area is 186 Å². The first-order valence-corrected chi connectivity index (χ1v) is 10.7. The van der Waals surface area contributed by atoms with Crippen LogP contribution in [0.25, 0.3) is 0 Å². The number of pyridine rings is 1. The summed E-state index contributed by atoms with van der Waals surface area (Å²) in [6.45, 7) is 3.86. The van der Waals surface area contributed by atoms with Gasteiger partial charge in [0.25, 0.3) is 10.0 Å². The largest absolute Gasteiger partial charge is 0.490 e. The molecule has 0 saturated carbocycles. The summed E-state index contributed by atoms with van der Waals surface area (Å²) in [5.74, 6) is -3.55. The molecule has 1 aliphatic heterocycles. The molecule has 1 aromatic heterocycles. The van der Waals surface area contributed by atoms with Crippen LogP contribution in [0.4, 0.5) is 24.7 Å². The molecule has 10 nitrogen and oxygen atoms in total. The Morgan fingerprint density at radius 2 is 1.76 bits per heavy atom. The Morgan fingerprint density at radius 3 is 2.27 bits per heavy atom. The molecule has 0 amide bonds. The van der Waals surface area contributed by atoms with E-state index >= 15 is 0 Å². The first-order valence-electron chi connectivity index (χ1n) is 9.27. The second-order valence-electron chi connectivity index (χ2n) is 6.72. The van der Waals surface area contributed by atoms with Crippen molar-refractivity contribution in [2.24, 2.45) is 0 Å². The lowest BCUT2D eigenvalue weighted by atomic mass is 10.2. The van der Waals surface area contributed by atoms with E-state index in [2.05, 4.69) is 9.71 Å². The number of carboxylic acid groups (broad SMARTS) is 2. The summed E-state index contributed by atoms with van der Waals surface area (Å²) in [6.07, 6.45) is -3.86. The average Bonchev–Trinajstić information content (AvgIpc) is 2.74. The van der Waals surface area contributed by atoms with Gasteiger partial charge < -0.3 is 19.8 Å². The smallest absolute Gasteiger partial charge is 0.478 e. The number of hydrogen-bond donors (Lipinski definition) is 3. The number of hydrogen-bond acceptors (Lipinski definition) is 7. The van der Waals surface area contributed by atoms with Gasteiger partial charge in [0.1, 0.15) is 0 Å². The van der Waals surface area contributed by atoms with E-state index in [1.165, 1.54) is 18.3 Å². The molecule has 2 aromatic rings. The van der Waals surface area contributed by atoms with Crippen molar-refractivity contribution in [1.29, 1.82) is 0 Å². The standard InChI is InChI=1S/C17H19N3O5S.C2HF3O2/c1-12-3-2-4-14(9-12)26(23,24)19-15-10-13(17(21)22)11-18-16(15)20-5-7-25-8-6-20;3-2(4,5)1(6)7/h2-4,9-11,19H,5-8H2,1H3,(H,21,22);(H,6,7). The molecule has 3 rings (SSSR count). The second kappa shape index (κ2) is 10.5. The molecule has 1 aromatic carbocycles. The Bertz CT molecular complexity index is 1120. The van der Waals surface area contributed by atoms with Crippen molar-refractivity contribution in [3.63, 3.8) is 0 Å². The van der Waals surface area contributed by atoms with E-state index in [0.29, 0.717) is 32.1 Å². The maximum Gasteiger partial charge on any atom is 0.490 e. The molecule has 33 heavy (non-hydrogen) atoms. The number of rotatable bonds is 5. The summed E-state index contributed by atoms with van der Waals surface area (Å²) in [7, 11) is -3.88. The number of ether oxygens (including phenoxy) is 1. The number of anilines is 2. The van der Waals surface area contributed by atoms with Crippen molar-refractivity contribution in [3.8, 4) is 0 Å². The quantitative estimate of drug-likeness (QED) is 0.574. The van der Waals surface area contributed by atoms with Crippen LogP contribution < -0.4 is 9.62 Å². The highest BCUT2D eigenvalue weighted by Gasteiger charge is 2.38. The molecule has 1 aliphatic rings. The fourth-order valence-corrected chi connectivity index (χ4v) is 3.82. The Kier molecular flexibility index (Phi) is 8.22. The first-order chi connectivity index (χ1) is 15.3. The van der Waals surface area contributed by atoms with Crippen molar-refractivity contribution in [3.05, 3.63) is 47.7 Å². The van der Waals surface area contributed by atoms with Gasteiger partial charge in [0.15, 0.2) is 5.82 Å². The Hall–Kier alpha value is -3.39. The second-order valence-corrected chi connectivity index (χ2v) is 8.41. The number of nitrogens with one attached hydrogen (secondary N) is 1. The lowest BCUT2D eigenvalue weighted by Gasteiger charge is -2.29. The van der Waals surface area contributed by atoms with E-state index in [4.69, 9.17) is 14.6 Å². The van der Waals surface area contributed by atoms with Crippen molar-refractivity contribution >= 4 is 33.5 Å². The molecule has 0 bridgehead atoms. The van der Waals surface area contributed by atoms with E-state index in [9.17, 15) is 31.5 Å². The maximum absolute atomic E-state index is 12.7. The van der Waals surface area contributed by atoms with Gasteiger partial charge >= 0.3 is 18.1 Å². The van der Waals surface area contributed by atoms with E-state index < -0.39 is 28.1 Å². The van der Waals surface area contributed by atoms with Gasteiger partial charge in [-0.1, -0.05) is 12.1 Å². The molecule has 0 atom stereocenters. The topological polar surface area (TPSA) is 146 Å². The number of morpholine rings is 1. The summed E-state index contributed by atoms with van der Waals surface area (Å²) in [5, 5.41) is 16.3. The predicted octanol–water partition coefficient (Wildman–Crippen LogP) is 2.36. The normalized spacial score (nSPS) is 14.1. The van der Waals surface area contributed by atoms with Gasteiger partial charge in [0.05, 0.1) is 29.4 Å². The maximum atomic E-state index is 12.7. The van der Waals surface area contributed by atoms with Crippen LogP contribution in [0.3, 0.4) is 0 Å². The fourth-order valence-electron chi connectivity index (χ4n) is 2.66. The van der Waals surface area contributed by atoms with Crippen LogP contribution >= 0.6 is 0 Å². The summed E-state index contributed by atoms with van der Waals surface area (Å²) >= 11 is 0. The number of carboxylic acids is 2. The zero-order chi connectivity index (χ0) is 24.8. The van der Waals surface area contributed by atoms with Crippen LogP contribution in [-0.2, 0) is 19.6 Å². The fraction of sp³-hybridized carbons (Fsp3) is 0.316. The van der Waals surface area contributed by atoms with Crippen LogP contribution in [0.1, 0.15) is 15.9 Å². The minimum Gasteiger partial charge on any atom is -0.478 e. The third kappa shape index (κ3) is 7.32. The third-order valence-electron chi connectivity index (χ3n) is 4.21. The minimum atomic E-state index is -5.08. The van der Waals surface area contributed by atoms with Crippen molar-refractivity contribution in [2.45, 2.75) is 18.0 Å². The van der Waals surface area contributed by atoms with E-state index in [-0.39, 0.29) is 16.1 Å². The SMILES string of the molecule is Cc1cccc(S(=O)(=O)Nc2cc(C(=O)O)cnc2N2CCOCC2)c1.O=C(O)C(F)(F)F. The number of aromatic carboxylic acids is 1. The number of carbonyl (C=O) groups is 2. The summed E-state index contributed by atoms with van der Waals surface area (Å²) in [5.41, 5.74) is 0.843. The van der Waals surface area contributed by atoms with Crippen LogP contribution in [0.15, 0.2) is 41.4 Å². The lowest BCUT2D eigenvalue weighted by molar-refractivity contribution is -0.192. The van der Waals surface area contributed by atoms with E-state index in [1.807, 2.05) is 4.90 Å². The molecule has 0 radical (unpaired) electrons. The zero-order valence-corrected chi connectivity index (χ0v) is 18.0. The van der Waals surface area contributed by atoms with Crippen LogP contribution in [-0.4, -0.2) is 68.0 Å². The number of halogens is 3. The van der Waals surface area contributed by atoms with Gasteiger partial charge in [-0.3, -0.25) is 4.72 Å². The molecule has 14 heteroatoms.